The molecule has 186 valence electrons. The number of pyridine rings is 1. The van der Waals surface area contributed by atoms with Gasteiger partial charge in [-0.3, -0.25) is 4.79 Å². The van der Waals surface area contributed by atoms with Gasteiger partial charge >= 0.3 is 0 Å². The minimum Gasteiger partial charge on any atom is -0.439 e. The molecule has 1 fully saturated rings. The number of nitrogens with zero attached hydrogens (tertiary/aromatic N) is 6. The van der Waals surface area contributed by atoms with Crippen molar-refractivity contribution in [3.05, 3.63) is 78.9 Å². The van der Waals surface area contributed by atoms with E-state index in [9.17, 15) is 4.79 Å². The molecule has 0 aliphatic carbocycles. The number of carbonyl (C=O) groups excluding carboxylic acids is 1. The van der Waals surface area contributed by atoms with Gasteiger partial charge in [-0.25, -0.2) is 20.0 Å². The fourth-order valence-electron chi connectivity index (χ4n) is 4.75. The van der Waals surface area contributed by atoms with Crippen molar-refractivity contribution in [1.29, 1.82) is 0 Å². The van der Waals surface area contributed by atoms with Gasteiger partial charge < -0.3 is 19.9 Å². The molecule has 10 nitrogen and oxygen atoms in total. The zero-order chi connectivity index (χ0) is 25.4. The summed E-state index contributed by atoms with van der Waals surface area (Å²) in [6.45, 7) is 6.90. The van der Waals surface area contributed by atoms with Gasteiger partial charge in [0.15, 0.2) is 11.7 Å². The highest BCUT2D eigenvalue weighted by Gasteiger charge is 2.32. The average molecular weight is 495 g/mol. The first-order valence-corrected chi connectivity index (χ1v) is 12.2. The third-order valence-electron chi connectivity index (χ3n) is 6.66. The lowest BCUT2D eigenvalue weighted by atomic mass is 10.0. The number of piperidine rings is 1. The van der Waals surface area contributed by atoms with Crippen LogP contribution in [0.25, 0.3) is 11.0 Å². The normalized spacial score (nSPS) is 15.4. The molecule has 1 amide bonds. The van der Waals surface area contributed by atoms with Crippen LogP contribution in [0.3, 0.4) is 0 Å². The van der Waals surface area contributed by atoms with Gasteiger partial charge in [0.2, 0.25) is 11.8 Å². The summed E-state index contributed by atoms with van der Waals surface area (Å²) in [5.74, 6) is 2.69. The molecule has 0 radical (unpaired) electrons. The fraction of sp³-hybridized carbons (Fsp3) is 0.222. The van der Waals surface area contributed by atoms with Crippen LogP contribution in [0.4, 0.5) is 11.5 Å². The Bertz CT molecular complexity index is 1500. The largest absolute Gasteiger partial charge is 0.439 e. The standard InChI is InChI=1S/C27H26N8O2/c1-3-23(36)34-12-9-19(10-13-34)35-27-24-21(15-29-26(24)30-16-31-27)25(33-35)32-18-4-6-20(7-5-18)37-22-14-17(2)8-11-28-22/h3-8,11,14-16,19H,1,9-10,12-13H2,2H3,(H,32,33)(H,29,30,31). The van der Waals surface area contributed by atoms with Gasteiger partial charge in [0.05, 0.1) is 11.4 Å². The van der Waals surface area contributed by atoms with Crippen LogP contribution in [-0.4, -0.2) is 55.7 Å². The molecule has 3 aromatic heterocycles. The molecule has 0 saturated carbocycles. The summed E-state index contributed by atoms with van der Waals surface area (Å²) in [6.07, 6.45) is 8.11. The monoisotopic (exact) mass is 494 g/mol. The van der Waals surface area contributed by atoms with Gasteiger partial charge in [-0.05, 0) is 61.7 Å². The number of hydrogen-bond acceptors (Lipinski definition) is 8. The van der Waals surface area contributed by atoms with Gasteiger partial charge in [0.1, 0.15) is 17.7 Å². The van der Waals surface area contributed by atoms with E-state index in [0.717, 1.165) is 46.5 Å². The fourth-order valence-corrected chi connectivity index (χ4v) is 4.75. The van der Waals surface area contributed by atoms with Crippen molar-refractivity contribution in [1.82, 2.24) is 24.8 Å². The molecule has 5 heterocycles. The van der Waals surface area contributed by atoms with E-state index in [-0.39, 0.29) is 11.9 Å². The van der Waals surface area contributed by atoms with Crippen LogP contribution in [0, 0.1) is 6.92 Å². The molecule has 6 rings (SSSR count). The van der Waals surface area contributed by atoms with E-state index in [0.29, 0.717) is 30.6 Å². The number of carbonyl (C=O) groups is 1. The van der Waals surface area contributed by atoms with E-state index >= 15 is 0 Å². The number of amidine groups is 1. The van der Waals surface area contributed by atoms with Gasteiger partial charge in [-0.15, -0.1) is 0 Å². The third kappa shape index (κ3) is 4.37. The molecular formula is C27H26N8O2. The number of hydrogen-bond donors (Lipinski definition) is 2. The van der Waals surface area contributed by atoms with Gasteiger partial charge in [-0.2, -0.15) is 5.10 Å². The lowest BCUT2D eigenvalue weighted by Crippen LogP contribution is -2.46. The number of H-pyrrole nitrogens is 1. The summed E-state index contributed by atoms with van der Waals surface area (Å²) < 4.78 is 5.88. The van der Waals surface area contributed by atoms with Crippen LogP contribution in [0.5, 0.6) is 11.6 Å². The van der Waals surface area contributed by atoms with Crippen molar-refractivity contribution >= 4 is 34.3 Å². The molecular weight excluding hydrogens is 468 g/mol. The predicted octanol–water partition coefficient (Wildman–Crippen LogP) is 4.22. The number of amides is 1. The van der Waals surface area contributed by atoms with Crippen LogP contribution >= 0.6 is 0 Å². The SMILES string of the molecule is C=CC(=O)N1CCC(N2N=C(Nc3ccc(Oc4cc(C)ccn4)cc3)c3c[nH]c4ncnc2c34)CC1. The minimum absolute atomic E-state index is 0.0362. The van der Waals surface area contributed by atoms with E-state index in [2.05, 4.69) is 31.8 Å². The maximum absolute atomic E-state index is 12.0. The summed E-state index contributed by atoms with van der Waals surface area (Å²) in [7, 11) is 0. The second-order valence-electron chi connectivity index (χ2n) is 9.10. The molecule has 2 aliphatic rings. The van der Waals surface area contributed by atoms with Crippen molar-refractivity contribution in [3.63, 3.8) is 0 Å². The smallest absolute Gasteiger partial charge is 0.245 e. The Morgan fingerprint density at radius 2 is 1.97 bits per heavy atom. The van der Waals surface area contributed by atoms with Crippen molar-refractivity contribution in [2.75, 3.05) is 23.4 Å². The van der Waals surface area contributed by atoms with Crippen LogP contribution < -0.4 is 15.1 Å². The lowest BCUT2D eigenvalue weighted by Gasteiger charge is -2.37. The molecule has 0 bridgehead atoms. The Balaban J connectivity index is 1.25. The first-order valence-electron chi connectivity index (χ1n) is 12.2. The van der Waals surface area contributed by atoms with Crippen LogP contribution in [0.15, 0.2) is 72.9 Å². The Morgan fingerprint density at radius 3 is 2.73 bits per heavy atom. The molecule has 2 aliphatic heterocycles. The molecule has 4 aromatic rings. The van der Waals surface area contributed by atoms with Crippen LogP contribution in [-0.2, 0) is 4.79 Å². The number of aromatic amines is 1. The predicted molar refractivity (Wildman–Crippen MR) is 142 cm³/mol. The van der Waals surface area contributed by atoms with E-state index in [1.54, 1.807) is 12.5 Å². The van der Waals surface area contributed by atoms with E-state index in [1.165, 1.54) is 6.08 Å². The van der Waals surface area contributed by atoms with Crippen molar-refractivity contribution in [2.45, 2.75) is 25.8 Å². The molecule has 0 unspecified atom stereocenters. The van der Waals surface area contributed by atoms with Gasteiger partial charge in [0.25, 0.3) is 0 Å². The zero-order valence-electron chi connectivity index (χ0n) is 20.4. The second-order valence-corrected chi connectivity index (χ2v) is 9.10. The molecule has 0 spiro atoms. The molecule has 10 heteroatoms. The number of likely N-dealkylation sites (tertiary alicyclic amines) is 1. The summed E-state index contributed by atoms with van der Waals surface area (Å²) in [5, 5.41) is 11.4. The molecule has 2 N–H and O–H groups in total. The van der Waals surface area contributed by atoms with Crippen molar-refractivity contribution < 1.29 is 9.53 Å². The van der Waals surface area contributed by atoms with Gasteiger partial charge in [-0.1, -0.05) is 6.58 Å². The number of aryl methyl sites for hydroxylation is 1. The summed E-state index contributed by atoms with van der Waals surface area (Å²) in [4.78, 5) is 30.4. The topological polar surface area (TPSA) is 112 Å². The number of benzene rings is 1. The van der Waals surface area contributed by atoms with Crippen LogP contribution in [0.1, 0.15) is 24.0 Å². The van der Waals surface area contributed by atoms with Crippen molar-refractivity contribution in [2.24, 2.45) is 5.10 Å². The van der Waals surface area contributed by atoms with E-state index in [4.69, 9.17) is 9.84 Å². The zero-order valence-corrected chi connectivity index (χ0v) is 20.4. The molecule has 1 saturated heterocycles. The maximum atomic E-state index is 12.0. The number of nitrogens with one attached hydrogen (secondary N) is 2. The van der Waals surface area contributed by atoms with E-state index in [1.807, 2.05) is 59.4 Å². The quantitative estimate of drug-likeness (QED) is 0.400. The highest BCUT2D eigenvalue weighted by atomic mass is 16.5. The molecule has 0 atom stereocenters. The molecule has 37 heavy (non-hydrogen) atoms. The Hall–Kier alpha value is -4.73. The summed E-state index contributed by atoms with van der Waals surface area (Å²) in [5.41, 5.74) is 3.62. The number of aromatic nitrogens is 4. The average Bonchev–Trinajstić information content (AvgIpc) is 3.37. The Kier molecular flexibility index (Phi) is 5.76. The summed E-state index contributed by atoms with van der Waals surface area (Å²) >= 11 is 0. The highest BCUT2D eigenvalue weighted by Crippen LogP contribution is 2.35. The number of hydrazone groups is 1. The highest BCUT2D eigenvalue weighted by molar-refractivity contribution is 6.19. The number of anilines is 2. The second kappa shape index (κ2) is 9.38. The minimum atomic E-state index is -0.0362. The first-order chi connectivity index (χ1) is 18.1. The van der Waals surface area contributed by atoms with Crippen LogP contribution in [0.2, 0.25) is 0 Å². The Morgan fingerprint density at radius 1 is 1.16 bits per heavy atom. The maximum Gasteiger partial charge on any atom is 0.245 e. The number of rotatable bonds is 5. The first kappa shape index (κ1) is 22.7. The third-order valence-corrected chi connectivity index (χ3v) is 6.66. The summed E-state index contributed by atoms with van der Waals surface area (Å²) in [6, 6.07) is 11.6. The molecule has 1 aromatic carbocycles. The number of ether oxygens (including phenoxy) is 1. The van der Waals surface area contributed by atoms with E-state index < -0.39 is 0 Å². The lowest BCUT2D eigenvalue weighted by molar-refractivity contribution is -0.127. The van der Waals surface area contributed by atoms with Crippen molar-refractivity contribution in [3.8, 4) is 11.6 Å². The van der Waals surface area contributed by atoms with Gasteiger partial charge in [0, 0.05) is 42.8 Å². The Labute approximate surface area is 213 Å².